The number of anilines is 1. The molecule has 1 saturated heterocycles. The van der Waals surface area contributed by atoms with Crippen LogP contribution in [0.25, 0.3) is 15.9 Å². The minimum Gasteiger partial charge on any atom is -0.379 e. The van der Waals surface area contributed by atoms with Gasteiger partial charge < -0.3 is 10.1 Å². The van der Waals surface area contributed by atoms with E-state index in [1.54, 1.807) is 7.11 Å². The number of hydrogen-bond donors (Lipinski definition) is 1. The highest BCUT2D eigenvalue weighted by Crippen LogP contribution is 2.39. The minimum atomic E-state index is -0.0549. The molecule has 0 spiro atoms. The average Bonchev–Trinajstić information content (AvgIpc) is 3.43. The maximum atomic E-state index is 12.3. The lowest BCUT2D eigenvalue weighted by Gasteiger charge is -2.37. The zero-order valence-corrected chi connectivity index (χ0v) is 19.0. The third-order valence-corrected chi connectivity index (χ3v) is 7.55. The van der Waals surface area contributed by atoms with Crippen LogP contribution in [0.15, 0.2) is 40.4 Å². The zero-order valence-electron chi connectivity index (χ0n) is 17.4. The van der Waals surface area contributed by atoms with Gasteiger partial charge in [-0.15, -0.1) is 10.2 Å². The van der Waals surface area contributed by atoms with Crippen molar-refractivity contribution >= 4 is 50.0 Å². The predicted octanol–water partition coefficient (Wildman–Crippen LogP) is 3.03. The van der Waals surface area contributed by atoms with Crippen molar-refractivity contribution in [3.63, 3.8) is 0 Å². The first-order chi connectivity index (χ1) is 15.6. The second-order valence-corrected chi connectivity index (χ2v) is 10.2. The smallest absolute Gasteiger partial charge is 0.240 e. The molecular weight excluding hydrogens is 446 g/mol. The lowest BCUT2D eigenvalue weighted by atomic mass is 10.2. The maximum absolute atomic E-state index is 12.3. The molecule has 0 bridgehead atoms. The highest BCUT2D eigenvalue weighted by molar-refractivity contribution is 7.99. The summed E-state index contributed by atoms with van der Waals surface area (Å²) in [5.74, 6) is 0.519. The van der Waals surface area contributed by atoms with Crippen molar-refractivity contribution in [1.82, 2.24) is 29.7 Å². The van der Waals surface area contributed by atoms with Crippen LogP contribution >= 0.6 is 23.1 Å². The van der Waals surface area contributed by atoms with Gasteiger partial charge in [0, 0.05) is 31.0 Å². The summed E-state index contributed by atoms with van der Waals surface area (Å²) in [6, 6.07) is 10.1. The summed E-state index contributed by atoms with van der Waals surface area (Å²) in [4.78, 5) is 19.9. The molecule has 1 amide bonds. The lowest BCUT2D eigenvalue weighted by molar-refractivity contribution is -0.120. The molecule has 0 unspecified atom stereocenters. The molecule has 1 N–H and O–H groups in total. The molecule has 1 aliphatic heterocycles. The number of benzene rings is 1. The second-order valence-electron chi connectivity index (χ2n) is 8.14. The van der Waals surface area contributed by atoms with Gasteiger partial charge in [-0.3, -0.25) is 9.69 Å². The highest BCUT2D eigenvalue weighted by Gasteiger charge is 2.28. The summed E-state index contributed by atoms with van der Waals surface area (Å²) < 4.78 is 8.08. The van der Waals surface area contributed by atoms with Crippen LogP contribution < -0.4 is 5.32 Å². The van der Waals surface area contributed by atoms with Gasteiger partial charge in [0.15, 0.2) is 10.8 Å². The van der Waals surface area contributed by atoms with Gasteiger partial charge in [-0.2, -0.15) is 9.61 Å². The lowest BCUT2D eigenvalue weighted by Crippen LogP contribution is -2.53. The van der Waals surface area contributed by atoms with Crippen LogP contribution in [0.1, 0.15) is 24.5 Å². The number of hydrogen-bond acceptors (Lipinski definition) is 9. The van der Waals surface area contributed by atoms with E-state index >= 15 is 0 Å². The van der Waals surface area contributed by atoms with Crippen molar-refractivity contribution in [3.8, 4) is 0 Å². The van der Waals surface area contributed by atoms with E-state index in [1.807, 2.05) is 28.8 Å². The van der Waals surface area contributed by atoms with Gasteiger partial charge in [0.2, 0.25) is 11.1 Å². The van der Waals surface area contributed by atoms with Gasteiger partial charge in [-0.05, 0) is 54.9 Å². The normalized spacial score (nSPS) is 17.2. The van der Waals surface area contributed by atoms with Gasteiger partial charge in [-0.25, -0.2) is 4.98 Å². The van der Waals surface area contributed by atoms with E-state index in [1.165, 1.54) is 35.9 Å². The Labute approximate surface area is 192 Å². The number of ether oxygens (including phenoxy) is 1. The van der Waals surface area contributed by atoms with Crippen LogP contribution in [0.2, 0.25) is 0 Å². The molecule has 1 aliphatic carbocycles. The van der Waals surface area contributed by atoms with Crippen LogP contribution in [0.5, 0.6) is 0 Å². The molecule has 164 valence electrons. The molecule has 32 heavy (non-hydrogen) atoms. The van der Waals surface area contributed by atoms with Gasteiger partial charge in [0.25, 0.3) is 0 Å². The Kier molecular flexibility index (Phi) is 5.05. The van der Waals surface area contributed by atoms with Gasteiger partial charge >= 0.3 is 0 Å². The van der Waals surface area contributed by atoms with Gasteiger partial charge in [0.1, 0.15) is 0 Å². The van der Waals surface area contributed by atoms with Crippen molar-refractivity contribution < 1.29 is 9.53 Å². The molecule has 1 saturated carbocycles. The Morgan fingerprint density at radius 1 is 1.25 bits per heavy atom. The molecule has 1 aromatic carbocycles. The van der Waals surface area contributed by atoms with E-state index in [0.29, 0.717) is 17.6 Å². The first-order valence-electron chi connectivity index (χ1n) is 10.5. The largest absolute Gasteiger partial charge is 0.379 e. The van der Waals surface area contributed by atoms with Crippen LogP contribution in [-0.2, 0) is 9.53 Å². The third kappa shape index (κ3) is 3.96. The van der Waals surface area contributed by atoms with E-state index in [2.05, 4.69) is 31.5 Å². The molecule has 3 aromatic heterocycles. The molecule has 0 atom stereocenters. The van der Waals surface area contributed by atoms with E-state index in [4.69, 9.17) is 9.84 Å². The number of thiazole rings is 1. The fraction of sp³-hybridized carbons (Fsp3) is 0.381. The van der Waals surface area contributed by atoms with Crippen LogP contribution in [-0.4, -0.2) is 68.5 Å². The molecule has 2 fully saturated rings. The number of likely N-dealkylation sites (tertiary alicyclic amines) is 1. The summed E-state index contributed by atoms with van der Waals surface area (Å²) in [7, 11) is 1.70. The number of carbonyl (C=O) groups is 1. The first kappa shape index (κ1) is 20.0. The van der Waals surface area contributed by atoms with Crippen molar-refractivity contribution in [2.45, 2.75) is 34.9 Å². The predicted molar refractivity (Wildman–Crippen MR) is 122 cm³/mol. The summed E-state index contributed by atoms with van der Waals surface area (Å²) in [6.07, 6.45) is 2.64. The molecule has 0 radical (unpaired) electrons. The summed E-state index contributed by atoms with van der Waals surface area (Å²) in [6.45, 7) is 1.93. The topological polar surface area (TPSA) is 97.5 Å². The number of amides is 1. The molecular formula is C21H21N7O2S2. The molecule has 11 heteroatoms. The summed E-state index contributed by atoms with van der Waals surface area (Å²) >= 11 is 2.99. The van der Waals surface area contributed by atoms with Gasteiger partial charge in [0.05, 0.1) is 28.6 Å². The first-order valence-corrected chi connectivity index (χ1v) is 12.1. The van der Waals surface area contributed by atoms with Crippen LogP contribution in [0, 0.1) is 0 Å². The molecule has 4 heterocycles. The Morgan fingerprint density at radius 2 is 2.12 bits per heavy atom. The number of fused-ring (bicyclic) bond motifs is 2. The number of aromatic nitrogens is 5. The van der Waals surface area contributed by atoms with Crippen molar-refractivity contribution in [2.75, 3.05) is 32.1 Å². The molecule has 4 aromatic rings. The second kappa shape index (κ2) is 8.07. The minimum absolute atomic E-state index is 0.0549. The average molecular weight is 468 g/mol. The van der Waals surface area contributed by atoms with E-state index < -0.39 is 0 Å². The Balaban J connectivity index is 1.16. The van der Waals surface area contributed by atoms with Crippen molar-refractivity contribution in [1.29, 1.82) is 0 Å². The van der Waals surface area contributed by atoms with E-state index in [-0.39, 0.29) is 12.0 Å². The zero-order chi connectivity index (χ0) is 21.7. The SMILES string of the molecule is COC1CN(CC(=O)Nc2nc3ccc(Sc4nnc5ccc(C6CC6)nn45)cc3s2)C1. The van der Waals surface area contributed by atoms with E-state index in [0.717, 1.165) is 44.7 Å². The maximum Gasteiger partial charge on any atom is 0.240 e. The Morgan fingerprint density at radius 3 is 2.94 bits per heavy atom. The Hall–Kier alpha value is -2.60. The van der Waals surface area contributed by atoms with E-state index in [9.17, 15) is 4.79 Å². The quantitative estimate of drug-likeness (QED) is 0.443. The third-order valence-electron chi connectivity index (χ3n) is 5.69. The number of rotatable bonds is 7. The van der Waals surface area contributed by atoms with Crippen LogP contribution in [0.4, 0.5) is 5.13 Å². The number of nitrogens with one attached hydrogen (secondary N) is 1. The standard InChI is InChI=1S/C21H21N7O2S2/c1-30-13-9-27(10-13)11-19(29)23-20-22-16-5-4-14(8-17(16)32-20)31-21-25-24-18-7-6-15(12-2-3-12)26-28(18)21/h4-8,12-13H,2-3,9-11H2,1H3,(H,22,23,29). The summed E-state index contributed by atoms with van der Waals surface area (Å²) in [5.41, 5.74) is 2.71. The van der Waals surface area contributed by atoms with Crippen molar-refractivity contribution in [2.24, 2.45) is 0 Å². The molecule has 6 rings (SSSR count). The fourth-order valence-electron chi connectivity index (χ4n) is 3.73. The number of methoxy groups -OCH3 is 1. The fourth-order valence-corrected chi connectivity index (χ4v) is 5.56. The number of carbonyl (C=O) groups excluding carboxylic acids is 1. The van der Waals surface area contributed by atoms with Crippen LogP contribution in [0.3, 0.4) is 0 Å². The summed E-state index contributed by atoms with van der Waals surface area (Å²) in [5, 5.41) is 17.6. The molecule has 9 nitrogen and oxygen atoms in total. The highest BCUT2D eigenvalue weighted by atomic mass is 32.2. The monoisotopic (exact) mass is 467 g/mol. The van der Waals surface area contributed by atoms with Crippen molar-refractivity contribution in [3.05, 3.63) is 36.0 Å². The number of nitrogens with zero attached hydrogens (tertiary/aromatic N) is 6. The molecule has 2 aliphatic rings. The Bertz CT molecular complexity index is 1310. The van der Waals surface area contributed by atoms with Gasteiger partial charge in [-0.1, -0.05) is 11.3 Å².